The van der Waals surface area contributed by atoms with Crippen molar-refractivity contribution in [3.05, 3.63) is 90.0 Å². The van der Waals surface area contributed by atoms with E-state index in [9.17, 15) is 22.4 Å². The Kier molecular flexibility index (Phi) is 7.42. The predicted molar refractivity (Wildman–Crippen MR) is 149 cm³/mol. The molecule has 0 unspecified atom stereocenters. The van der Waals surface area contributed by atoms with Crippen molar-refractivity contribution in [2.75, 3.05) is 44.2 Å². The highest BCUT2D eigenvalue weighted by Gasteiger charge is 2.36. The highest BCUT2D eigenvalue weighted by molar-refractivity contribution is 5.80. The molecule has 1 aromatic heterocycles. The Morgan fingerprint density at radius 3 is 2.34 bits per heavy atom. The number of halogens is 4. The first-order valence-electron chi connectivity index (χ1n) is 13.9. The third-order valence-electron chi connectivity index (χ3n) is 8.08. The molecule has 41 heavy (non-hydrogen) atoms. The number of amides is 1. The Hall–Kier alpha value is -3.92. The summed E-state index contributed by atoms with van der Waals surface area (Å²) in [6.45, 7) is 3.45. The number of fused-ring (bicyclic) bond motifs is 1. The van der Waals surface area contributed by atoms with Gasteiger partial charge in [-0.2, -0.15) is 13.2 Å². The maximum absolute atomic E-state index is 13.6. The molecule has 0 bridgehead atoms. The summed E-state index contributed by atoms with van der Waals surface area (Å²) in [5.74, 6) is 0.400. The number of alkyl halides is 3. The van der Waals surface area contributed by atoms with E-state index in [0.29, 0.717) is 39.3 Å². The largest absolute Gasteiger partial charge is 0.418 e. The fourth-order valence-corrected chi connectivity index (χ4v) is 6.08. The second kappa shape index (κ2) is 11.2. The second-order valence-electron chi connectivity index (χ2n) is 10.7. The second-order valence-corrected chi connectivity index (χ2v) is 10.7. The molecule has 0 spiro atoms. The van der Waals surface area contributed by atoms with Crippen molar-refractivity contribution in [3.63, 3.8) is 0 Å². The van der Waals surface area contributed by atoms with Crippen LogP contribution in [-0.4, -0.2) is 64.5 Å². The Morgan fingerprint density at radius 2 is 1.59 bits per heavy atom. The molecular weight excluding hydrogens is 534 g/mol. The minimum atomic E-state index is -4.42. The molecule has 2 saturated heterocycles. The van der Waals surface area contributed by atoms with Gasteiger partial charge >= 0.3 is 6.18 Å². The number of aromatic nitrogens is 2. The van der Waals surface area contributed by atoms with E-state index in [0.717, 1.165) is 48.0 Å². The number of para-hydroxylation sites is 3. The van der Waals surface area contributed by atoms with Gasteiger partial charge in [-0.05, 0) is 67.9 Å². The number of hydrogen-bond donors (Lipinski definition) is 0. The maximum atomic E-state index is 13.6. The Labute approximate surface area is 235 Å². The van der Waals surface area contributed by atoms with Crippen LogP contribution in [0, 0.1) is 11.7 Å². The first-order chi connectivity index (χ1) is 19.8. The van der Waals surface area contributed by atoms with Crippen LogP contribution < -0.4 is 4.90 Å². The number of carbonyl (C=O) groups is 1. The first-order valence-corrected chi connectivity index (χ1v) is 13.9. The van der Waals surface area contributed by atoms with Gasteiger partial charge in [-0.3, -0.25) is 14.3 Å². The van der Waals surface area contributed by atoms with Crippen LogP contribution in [0.5, 0.6) is 0 Å². The van der Waals surface area contributed by atoms with E-state index in [2.05, 4.69) is 4.90 Å². The fraction of sp³-hybridized carbons (Fsp3) is 0.355. The first kappa shape index (κ1) is 27.3. The normalized spacial score (nSPS) is 18.7. The minimum Gasteiger partial charge on any atom is -0.367 e. The Morgan fingerprint density at radius 1 is 0.878 bits per heavy atom. The van der Waals surface area contributed by atoms with Gasteiger partial charge in [-0.25, -0.2) is 9.37 Å². The van der Waals surface area contributed by atoms with Crippen LogP contribution >= 0.6 is 0 Å². The molecule has 4 aromatic rings. The highest BCUT2D eigenvalue weighted by atomic mass is 19.4. The Balaban J connectivity index is 1.13. The third-order valence-corrected chi connectivity index (χ3v) is 8.08. The van der Waals surface area contributed by atoms with E-state index in [-0.39, 0.29) is 23.3 Å². The average molecular weight is 566 g/mol. The summed E-state index contributed by atoms with van der Waals surface area (Å²) >= 11 is 0. The fourth-order valence-electron chi connectivity index (χ4n) is 6.08. The van der Waals surface area contributed by atoms with Gasteiger partial charge in [0.15, 0.2) is 0 Å². The summed E-state index contributed by atoms with van der Waals surface area (Å²) in [6.07, 6.45) is -2.78. The van der Waals surface area contributed by atoms with Gasteiger partial charge < -0.3 is 9.80 Å². The van der Waals surface area contributed by atoms with Crippen molar-refractivity contribution in [1.82, 2.24) is 19.4 Å². The van der Waals surface area contributed by atoms with Crippen molar-refractivity contribution in [1.29, 1.82) is 0 Å². The minimum absolute atomic E-state index is 0.0606. The molecule has 0 aliphatic carbocycles. The zero-order valence-corrected chi connectivity index (χ0v) is 22.5. The van der Waals surface area contributed by atoms with Gasteiger partial charge in [0.05, 0.1) is 29.1 Å². The number of piperazine rings is 1. The summed E-state index contributed by atoms with van der Waals surface area (Å²) in [4.78, 5) is 24.2. The number of carbonyl (C=O) groups excluding carboxylic acids is 1. The van der Waals surface area contributed by atoms with Crippen LogP contribution in [-0.2, 0) is 17.5 Å². The van der Waals surface area contributed by atoms with Gasteiger partial charge in [0, 0.05) is 44.1 Å². The number of anilines is 1. The number of benzene rings is 3. The molecule has 6 rings (SSSR count). The highest BCUT2D eigenvalue weighted by Crippen LogP contribution is 2.37. The number of likely N-dealkylation sites (tertiary alicyclic amines) is 1. The van der Waals surface area contributed by atoms with E-state index in [4.69, 9.17) is 4.98 Å². The molecule has 2 aliphatic heterocycles. The van der Waals surface area contributed by atoms with Crippen LogP contribution in [0.3, 0.4) is 0 Å². The maximum Gasteiger partial charge on any atom is 0.418 e. The van der Waals surface area contributed by atoms with Gasteiger partial charge in [0.2, 0.25) is 5.91 Å². The quantitative estimate of drug-likeness (QED) is 0.290. The van der Waals surface area contributed by atoms with Gasteiger partial charge in [0.1, 0.15) is 11.6 Å². The molecule has 2 aliphatic rings. The molecule has 3 aromatic carbocycles. The van der Waals surface area contributed by atoms with E-state index in [1.54, 1.807) is 28.0 Å². The lowest BCUT2D eigenvalue weighted by molar-refractivity contribution is -0.139. The van der Waals surface area contributed by atoms with Crippen LogP contribution in [0.1, 0.15) is 24.2 Å². The van der Waals surface area contributed by atoms with E-state index >= 15 is 0 Å². The zero-order chi connectivity index (χ0) is 28.6. The molecule has 6 nitrogen and oxygen atoms in total. The van der Waals surface area contributed by atoms with Gasteiger partial charge in [0.25, 0.3) is 0 Å². The molecular formula is C31H31F4N5O. The van der Waals surface area contributed by atoms with Crippen LogP contribution in [0.2, 0.25) is 0 Å². The average Bonchev–Trinajstić information content (AvgIpc) is 3.34. The number of piperidine rings is 1. The van der Waals surface area contributed by atoms with Crippen molar-refractivity contribution in [2.24, 2.45) is 5.92 Å². The van der Waals surface area contributed by atoms with Crippen molar-refractivity contribution < 1.29 is 22.4 Å². The van der Waals surface area contributed by atoms with Crippen LogP contribution in [0.25, 0.3) is 16.7 Å². The lowest BCUT2D eigenvalue weighted by atomic mass is 9.96. The summed E-state index contributed by atoms with van der Waals surface area (Å²) in [6, 6.07) is 19.8. The number of hydrogen-bond acceptors (Lipinski definition) is 4. The molecule has 0 saturated carbocycles. The molecule has 0 N–H and O–H groups in total. The molecule has 10 heteroatoms. The van der Waals surface area contributed by atoms with Crippen molar-refractivity contribution in [2.45, 2.75) is 25.6 Å². The molecule has 0 radical (unpaired) electrons. The molecule has 3 heterocycles. The van der Waals surface area contributed by atoms with Crippen LogP contribution in [0.15, 0.2) is 72.8 Å². The number of imidazole rings is 1. The molecule has 1 amide bonds. The molecule has 214 valence electrons. The predicted octanol–water partition coefficient (Wildman–Crippen LogP) is 5.74. The lowest BCUT2D eigenvalue weighted by Crippen LogP contribution is -2.52. The SMILES string of the molecule is O=C([C@H]1CCCN(Cc2nc3ccccc3n2-c2ccc(F)cc2)C1)N1CCN(c2ccccc2C(F)(F)F)CC1. The van der Waals surface area contributed by atoms with E-state index < -0.39 is 11.7 Å². The summed E-state index contributed by atoms with van der Waals surface area (Å²) in [5.41, 5.74) is 2.13. The van der Waals surface area contributed by atoms with E-state index in [1.807, 2.05) is 28.8 Å². The van der Waals surface area contributed by atoms with Gasteiger partial charge in [-0.1, -0.05) is 24.3 Å². The zero-order valence-electron chi connectivity index (χ0n) is 22.5. The van der Waals surface area contributed by atoms with E-state index in [1.165, 1.54) is 24.3 Å². The summed E-state index contributed by atoms with van der Waals surface area (Å²) < 4.78 is 56.3. The monoisotopic (exact) mass is 565 g/mol. The Bertz CT molecular complexity index is 1530. The standard InChI is InChI=1S/C31H31F4N5O/c32-23-11-13-24(14-12-23)40-28-10-4-2-8-26(28)36-29(40)21-37-15-5-6-22(20-37)30(41)39-18-16-38(17-19-39)27-9-3-1-7-25(27)31(33,34)35/h1-4,7-14,22H,5-6,15-21H2/t22-/m0/s1. The smallest absolute Gasteiger partial charge is 0.367 e. The summed E-state index contributed by atoms with van der Waals surface area (Å²) in [5, 5.41) is 0. The van der Waals surface area contributed by atoms with Crippen molar-refractivity contribution in [3.8, 4) is 5.69 Å². The third kappa shape index (κ3) is 5.66. The number of nitrogens with zero attached hydrogens (tertiary/aromatic N) is 5. The molecule has 1 atom stereocenters. The lowest BCUT2D eigenvalue weighted by Gasteiger charge is -2.40. The van der Waals surface area contributed by atoms with Crippen molar-refractivity contribution >= 4 is 22.6 Å². The topological polar surface area (TPSA) is 44.6 Å². The summed E-state index contributed by atoms with van der Waals surface area (Å²) in [7, 11) is 0. The van der Waals surface area contributed by atoms with Gasteiger partial charge in [-0.15, -0.1) is 0 Å². The number of rotatable bonds is 5. The molecule has 2 fully saturated rings. The van der Waals surface area contributed by atoms with Crippen LogP contribution in [0.4, 0.5) is 23.2 Å².